The molecule has 2 N–H and O–H groups in total. The molecule has 0 bridgehead atoms. The molecule has 1 fully saturated rings. The summed E-state index contributed by atoms with van der Waals surface area (Å²) in [6, 6.07) is 15.0. The maximum absolute atomic E-state index is 12.7. The second-order valence-corrected chi connectivity index (χ2v) is 6.81. The lowest BCUT2D eigenvalue weighted by atomic mass is 10.1. The molecule has 0 saturated carbocycles. The van der Waals surface area contributed by atoms with E-state index in [9.17, 15) is 14.4 Å². The molecule has 0 radical (unpaired) electrons. The van der Waals surface area contributed by atoms with Crippen molar-refractivity contribution in [3.05, 3.63) is 60.2 Å². The third kappa shape index (κ3) is 4.74. The number of rotatable bonds is 8. The number of benzene rings is 2. The number of nitrogens with zero attached hydrogens (tertiary/aromatic N) is 1. The van der Waals surface area contributed by atoms with E-state index in [1.54, 1.807) is 12.1 Å². The van der Waals surface area contributed by atoms with Gasteiger partial charge in [0, 0.05) is 6.42 Å². The van der Waals surface area contributed by atoms with Crippen molar-refractivity contribution in [2.45, 2.75) is 38.8 Å². The number of hydrogen-bond acceptors (Lipinski definition) is 4. The first-order valence-corrected chi connectivity index (χ1v) is 9.71. The highest BCUT2D eigenvalue weighted by atomic mass is 16.5. The number of amides is 4. The molecule has 0 unspecified atom stereocenters. The lowest BCUT2D eigenvalue weighted by Gasteiger charge is -2.21. The minimum absolute atomic E-state index is 0.102. The Morgan fingerprint density at radius 2 is 1.83 bits per heavy atom. The van der Waals surface area contributed by atoms with Gasteiger partial charge in [0.1, 0.15) is 11.8 Å². The monoisotopic (exact) mass is 395 g/mol. The van der Waals surface area contributed by atoms with Crippen LogP contribution >= 0.6 is 0 Å². The lowest BCUT2D eigenvalue weighted by Crippen LogP contribution is -2.34. The standard InChI is InChI=1S/C22H25N3O4/c1-3-29-19-12-8-7-11-17(19)23-20(26)14-13-18-21(27)25(22(28)24-18)15(2)16-9-5-4-6-10-16/h4-12,15,18H,3,13-14H2,1-2H3,(H,23,26)(H,24,28)/t15-,18-/m0/s1. The fourth-order valence-electron chi connectivity index (χ4n) is 3.33. The molecule has 0 aliphatic carbocycles. The molecule has 0 aromatic heterocycles. The van der Waals surface area contributed by atoms with Crippen LogP contribution in [0.2, 0.25) is 0 Å². The summed E-state index contributed by atoms with van der Waals surface area (Å²) in [5.41, 5.74) is 1.46. The van der Waals surface area contributed by atoms with Crippen LogP contribution in [0.1, 0.15) is 38.3 Å². The van der Waals surface area contributed by atoms with Crippen molar-refractivity contribution in [1.29, 1.82) is 0 Å². The van der Waals surface area contributed by atoms with Gasteiger partial charge in [-0.15, -0.1) is 0 Å². The van der Waals surface area contributed by atoms with Gasteiger partial charge in [-0.1, -0.05) is 42.5 Å². The predicted octanol–water partition coefficient (Wildman–Crippen LogP) is 3.49. The SMILES string of the molecule is CCOc1ccccc1NC(=O)CC[C@@H]1NC(=O)N([C@@H](C)c2ccccc2)C1=O. The van der Waals surface area contributed by atoms with Gasteiger partial charge in [0.25, 0.3) is 5.91 Å². The fraction of sp³-hybridized carbons (Fsp3) is 0.318. The van der Waals surface area contributed by atoms with E-state index in [0.29, 0.717) is 18.0 Å². The smallest absolute Gasteiger partial charge is 0.325 e. The van der Waals surface area contributed by atoms with Crippen LogP contribution in [0.3, 0.4) is 0 Å². The predicted molar refractivity (Wildman–Crippen MR) is 109 cm³/mol. The summed E-state index contributed by atoms with van der Waals surface area (Å²) in [6.07, 6.45) is 0.329. The molecule has 29 heavy (non-hydrogen) atoms. The van der Waals surface area contributed by atoms with E-state index in [1.807, 2.05) is 56.3 Å². The summed E-state index contributed by atoms with van der Waals surface area (Å²) in [5.74, 6) is 0.0408. The van der Waals surface area contributed by atoms with Crippen molar-refractivity contribution in [2.24, 2.45) is 0 Å². The first-order valence-electron chi connectivity index (χ1n) is 9.71. The highest BCUT2D eigenvalue weighted by molar-refractivity contribution is 6.05. The molecular formula is C22H25N3O4. The Hall–Kier alpha value is -3.35. The van der Waals surface area contributed by atoms with Gasteiger partial charge in [-0.3, -0.25) is 14.5 Å². The summed E-state index contributed by atoms with van der Waals surface area (Å²) in [5, 5.41) is 5.49. The van der Waals surface area contributed by atoms with Crippen molar-refractivity contribution >= 4 is 23.5 Å². The summed E-state index contributed by atoms with van der Waals surface area (Å²) < 4.78 is 5.50. The molecule has 2 atom stereocenters. The molecule has 3 rings (SSSR count). The minimum Gasteiger partial charge on any atom is -0.492 e. The van der Waals surface area contributed by atoms with E-state index in [0.717, 1.165) is 5.56 Å². The number of urea groups is 1. The van der Waals surface area contributed by atoms with Crippen LogP contribution < -0.4 is 15.4 Å². The summed E-state index contributed by atoms with van der Waals surface area (Å²) in [6.45, 7) is 4.17. The zero-order valence-electron chi connectivity index (χ0n) is 16.6. The van der Waals surface area contributed by atoms with Gasteiger partial charge in [-0.2, -0.15) is 0 Å². The summed E-state index contributed by atoms with van der Waals surface area (Å²) >= 11 is 0. The van der Waals surface area contributed by atoms with Gasteiger partial charge in [-0.25, -0.2) is 4.79 Å². The van der Waals surface area contributed by atoms with Crippen molar-refractivity contribution in [2.75, 3.05) is 11.9 Å². The van der Waals surface area contributed by atoms with E-state index in [-0.39, 0.29) is 30.7 Å². The highest BCUT2D eigenvalue weighted by Gasteiger charge is 2.40. The Bertz CT molecular complexity index is 885. The van der Waals surface area contributed by atoms with Crippen LogP contribution in [0.15, 0.2) is 54.6 Å². The number of imide groups is 1. The van der Waals surface area contributed by atoms with E-state index in [2.05, 4.69) is 10.6 Å². The molecule has 4 amide bonds. The molecular weight excluding hydrogens is 370 g/mol. The molecule has 1 saturated heterocycles. The molecule has 7 heteroatoms. The van der Waals surface area contributed by atoms with E-state index in [1.165, 1.54) is 4.90 Å². The van der Waals surface area contributed by atoms with Crippen LogP contribution in [0, 0.1) is 0 Å². The van der Waals surface area contributed by atoms with Gasteiger partial charge in [0.2, 0.25) is 5.91 Å². The Morgan fingerprint density at radius 1 is 1.14 bits per heavy atom. The lowest BCUT2D eigenvalue weighted by molar-refractivity contribution is -0.129. The largest absolute Gasteiger partial charge is 0.492 e. The Kier molecular flexibility index (Phi) is 6.49. The van der Waals surface area contributed by atoms with Crippen LogP contribution in [0.4, 0.5) is 10.5 Å². The van der Waals surface area contributed by atoms with Crippen molar-refractivity contribution in [3.8, 4) is 5.75 Å². The third-order valence-electron chi connectivity index (χ3n) is 4.84. The number of carbonyl (C=O) groups excluding carboxylic acids is 3. The van der Waals surface area contributed by atoms with Crippen LogP contribution in [0.25, 0.3) is 0 Å². The van der Waals surface area contributed by atoms with Crippen molar-refractivity contribution < 1.29 is 19.1 Å². The average Bonchev–Trinajstić information content (AvgIpc) is 3.01. The quantitative estimate of drug-likeness (QED) is 0.670. The number of ether oxygens (including phenoxy) is 1. The Labute approximate surface area is 170 Å². The molecule has 1 aliphatic heterocycles. The Morgan fingerprint density at radius 3 is 2.55 bits per heavy atom. The van der Waals surface area contributed by atoms with Crippen molar-refractivity contribution in [3.63, 3.8) is 0 Å². The number of para-hydroxylation sites is 2. The minimum atomic E-state index is -0.707. The van der Waals surface area contributed by atoms with Crippen LogP contribution in [-0.4, -0.2) is 35.4 Å². The van der Waals surface area contributed by atoms with Crippen molar-refractivity contribution in [1.82, 2.24) is 10.2 Å². The van der Waals surface area contributed by atoms with Crippen LogP contribution in [-0.2, 0) is 9.59 Å². The molecule has 7 nitrogen and oxygen atoms in total. The molecule has 152 valence electrons. The number of carbonyl (C=O) groups is 3. The normalized spacial score (nSPS) is 17.0. The second kappa shape index (κ2) is 9.23. The first kappa shape index (κ1) is 20.4. The average molecular weight is 395 g/mol. The van der Waals surface area contributed by atoms with Crippen LogP contribution in [0.5, 0.6) is 5.75 Å². The van der Waals surface area contributed by atoms with Gasteiger partial charge in [0.05, 0.1) is 18.3 Å². The first-order chi connectivity index (χ1) is 14.0. The molecule has 0 spiro atoms. The maximum Gasteiger partial charge on any atom is 0.325 e. The molecule has 2 aromatic rings. The molecule has 1 heterocycles. The zero-order chi connectivity index (χ0) is 20.8. The fourth-order valence-corrected chi connectivity index (χ4v) is 3.33. The van der Waals surface area contributed by atoms with Gasteiger partial charge in [0.15, 0.2) is 0 Å². The maximum atomic E-state index is 12.7. The molecule has 2 aromatic carbocycles. The van der Waals surface area contributed by atoms with Gasteiger partial charge >= 0.3 is 6.03 Å². The highest BCUT2D eigenvalue weighted by Crippen LogP contribution is 2.26. The molecule has 1 aliphatic rings. The zero-order valence-corrected chi connectivity index (χ0v) is 16.6. The van der Waals surface area contributed by atoms with E-state index in [4.69, 9.17) is 4.74 Å². The topological polar surface area (TPSA) is 87.7 Å². The number of anilines is 1. The summed E-state index contributed by atoms with van der Waals surface area (Å²) in [7, 11) is 0. The van der Waals surface area contributed by atoms with E-state index >= 15 is 0 Å². The number of hydrogen-bond donors (Lipinski definition) is 2. The Balaban J connectivity index is 1.58. The van der Waals surface area contributed by atoms with Gasteiger partial charge < -0.3 is 15.4 Å². The number of nitrogens with one attached hydrogen (secondary N) is 2. The second-order valence-electron chi connectivity index (χ2n) is 6.81. The van der Waals surface area contributed by atoms with Gasteiger partial charge in [-0.05, 0) is 38.0 Å². The summed E-state index contributed by atoms with van der Waals surface area (Å²) in [4.78, 5) is 38.6. The van der Waals surface area contributed by atoms with E-state index < -0.39 is 12.1 Å². The third-order valence-corrected chi connectivity index (χ3v) is 4.84.